The monoisotopic (exact) mass is 267 g/mol. The van der Waals surface area contributed by atoms with Crippen molar-refractivity contribution in [2.45, 2.75) is 45.3 Å². The van der Waals surface area contributed by atoms with Crippen molar-refractivity contribution in [1.82, 2.24) is 0 Å². The Morgan fingerprint density at radius 1 is 1.21 bits per heavy atom. The molecule has 1 aromatic carbocycles. The van der Waals surface area contributed by atoms with E-state index in [4.69, 9.17) is 15.2 Å². The Morgan fingerprint density at radius 2 is 1.74 bits per heavy atom. The summed E-state index contributed by atoms with van der Waals surface area (Å²) in [5, 5.41) is 10.2. The van der Waals surface area contributed by atoms with Crippen LogP contribution in [0.2, 0.25) is 0 Å². The second-order valence-corrected chi connectivity index (χ2v) is 4.82. The quantitative estimate of drug-likeness (QED) is 0.797. The van der Waals surface area contributed by atoms with Gasteiger partial charge in [-0.05, 0) is 31.0 Å². The van der Waals surface area contributed by atoms with Gasteiger partial charge in [0.1, 0.15) is 11.5 Å². The van der Waals surface area contributed by atoms with Gasteiger partial charge in [-0.2, -0.15) is 0 Å². The second kappa shape index (κ2) is 7.36. The molecule has 0 aliphatic heterocycles. The number of aliphatic hydroxyl groups is 1. The Kier molecular flexibility index (Phi) is 6.12. The molecule has 0 aliphatic carbocycles. The summed E-state index contributed by atoms with van der Waals surface area (Å²) in [6.45, 7) is 4.05. The van der Waals surface area contributed by atoms with Crippen LogP contribution in [0.5, 0.6) is 11.5 Å². The van der Waals surface area contributed by atoms with E-state index < -0.39 is 12.1 Å². The molecule has 0 bridgehead atoms. The van der Waals surface area contributed by atoms with Crippen molar-refractivity contribution < 1.29 is 14.6 Å². The van der Waals surface area contributed by atoms with Gasteiger partial charge in [0.25, 0.3) is 0 Å². The fourth-order valence-corrected chi connectivity index (χ4v) is 2.18. The van der Waals surface area contributed by atoms with E-state index in [0.717, 1.165) is 24.0 Å². The number of ether oxygens (including phenoxy) is 2. The van der Waals surface area contributed by atoms with E-state index in [1.54, 1.807) is 14.2 Å². The highest BCUT2D eigenvalue weighted by molar-refractivity contribution is 5.50. The Balaban J connectivity index is 3.09. The van der Waals surface area contributed by atoms with E-state index in [0.29, 0.717) is 17.9 Å². The highest BCUT2D eigenvalue weighted by Gasteiger charge is 2.24. The zero-order valence-electron chi connectivity index (χ0n) is 12.3. The SMILES string of the molecule is CCCC[C@@H](O)[C@@H](N)c1c(OC)cc(C)cc1OC. The second-order valence-electron chi connectivity index (χ2n) is 4.82. The van der Waals surface area contributed by atoms with Crippen molar-refractivity contribution in [1.29, 1.82) is 0 Å². The summed E-state index contributed by atoms with van der Waals surface area (Å²) in [4.78, 5) is 0. The summed E-state index contributed by atoms with van der Waals surface area (Å²) in [5.74, 6) is 1.33. The van der Waals surface area contributed by atoms with Crippen LogP contribution in [0.4, 0.5) is 0 Å². The van der Waals surface area contributed by atoms with Gasteiger partial charge in [0.05, 0.1) is 31.9 Å². The molecule has 0 aromatic heterocycles. The first-order valence-corrected chi connectivity index (χ1v) is 6.71. The van der Waals surface area contributed by atoms with Gasteiger partial charge in [-0.1, -0.05) is 19.8 Å². The fraction of sp³-hybridized carbons (Fsp3) is 0.600. The van der Waals surface area contributed by atoms with E-state index >= 15 is 0 Å². The van der Waals surface area contributed by atoms with E-state index in [2.05, 4.69) is 6.92 Å². The molecule has 0 unspecified atom stereocenters. The molecular weight excluding hydrogens is 242 g/mol. The minimum atomic E-state index is -0.592. The van der Waals surface area contributed by atoms with Crippen LogP contribution in [0, 0.1) is 6.92 Å². The van der Waals surface area contributed by atoms with Crippen LogP contribution in [-0.2, 0) is 0 Å². The van der Waals surface area contributed by atoms with Crippen LogP contribution >= 0.6 is 0 Å². The van der Waals surface area contributed by atoms with E-state index in [1.165, 1.54) is 0 Å². The number of benzene rings is 1. The standard InChI is InChI=1S/C15H25NO3/c1-5-6-7-11(17)15(16)14-12(18-3)8-10(2)9-13(14)19-4/h8-9,11,15,17H,5-7,16H2,1-4H3/t11-,15-/m1/s1. The topological polar surface area (TPSA) is 64.7 Å². The maximum Gasteiger partial charge on any atom is 0.127 e. The van der Waals surface area contributed by atoms with Crippen LogP contribution in [0.15, 0.2) is 12.1 Å². The van der Waals surface area contributed by atoms with Gasteiger partial charge in [0.2, 0.25) is 0 Å². The summed E-state index contributed by atoms with van der Waals surface area (Å²) in [5.41, 5.74) is 7.94. The van der Waals surface area contributed by atoms with Crippen molar-refractivity contribution >= 4 is 0 Å². The molecule has 1 rings (SSSR count). The molecule has 0 aliphatic rings. The van der Waals surface area contributed by atoms with Crippen LogP contribution in [0.1, 0.15) is 43.4 Å². The van der Waals surface area contributed by atoms with E-state index in [9.17, 15) is 5.11 Å². The smallest absolute Gasteiger partial charge is 0.127 e. The lowest BCUT2D eigenvalue weighted by Crippen LogP contribution is -2.27. The van der Waals surface area contributed by atoms with Crippen LogP contribution in [0.3, 0.4) is 0 Å². The van der Waals surface area contributed by atoms with Gasteiger partial charge in [0.15, 0.2) is 0 Å². The zero-order valence-corrected chi connectivity index (χ0v) is 12.3. The van der Waals surface area contributed by atoms with Crippen molar-refractivity contribution in [3.8, 4) is 11.5 Å². The third-order valence-electron chi connectivity index (χ3n) is 3.29. The average molecular weight is 267 g/mol. The van der Waals surface area contributed by atoms with Gasteiger partial charge in [-0.15, -0.1) is 0 Å². The predicted octanol–water partition coefficient (Wildman–Crippen LogP) is 2.56. The summed E-state index contributed by atoms with van der Waals surface area (Å²) in [6, 6.07) is 3.31. The fourth-order valence-electron chi connectivity index (χ4n) is 2.18. The summed E-state index contributed by atoms with van der Waals surface area (Å²) in [6.07, 6.45) is 2.07. The number of hydrogen-bond acceptors (Lipinski definition) is 4. The predicted molar refractivity (Wildman–Crippen MR) is 76.7 cm³/mol. The average Bonchev–Trinajstić information content (AvgIpc) is 2.42. The number of aliphatic hydroxyl groups excluding tert-OH is 1. The van der Waals surface area contributed by atoms with Crippen LogP contribution in [0.25, 0.3) is 0 Å². The molecule has 0 heterocycles. The number of hydrogen-bond donors (Lipinski definition) is 2. The minimum absolute atomic E-state index is 0.503. The largest absolute Gasteiger partial charge is 0.496 e. The summed E-state index contributed by atoms with van der Waals surface area (Å²) >= 11 is 0. The number of methoxy groups -OCH3 is 2. The van der Waals surface area contributed by atoms with Gasteiger partial charge >= 0.3 is 0 Å². The first-order chi connectivity index (χ1) is 9.04. The molecule has 0 spiro atoms. The first kappa shape index (κ1) is 15.8. The Morgan fingerprint density at radius 3 is 2.16 bits per heavy atom. The third-order valence-corrected chi connectivity index (χ3v) is 3.29. The van der Waals surface area contributed by atoms with Gasteiger partial charge in [-0.25, -0.2) is 0 Å². The number of rotatable bonds is 7. The van der Waals surface area contributed by atoms with E-state index in [1.807, 2.05) is 19.1 Å². The summed E-state index contributed by atoms with van der Waals surface area (Å²) < 4.78 is 10.7. The zero-order chi connectivity index (χ0) is 14.4. The molecule has 2 atom stereocenters. The molecule has 4 nitrogen and oxygen atoms in total. The lowest BCUT2D eigenvalue weighted by Gasteiger charge is -2.23. The highest BCUT2D eigenvalue weighted by atomic mass is 16.5. The molecule has 0 saturated carbocycles. The molecule has 0 fully saturated rings. The highest BCUT2D eigenvalue weighted by Crippen LogP contribution is 2.36. The molecule has 19 heavy (non-hydrogen) atoms. The lowest BCUT2D eigenvalue weighted by molar-refractivity contribution is 0.130. The maximum absolute atomic E-state index is 10.2. The van der Waals surface area contributed by atoms with Crippen molar-refractivity contribution in [2.24, 2.45) is 5.73 Å². The Hall–Kier alpha value is -1.26. The third kappa shape index (κ3) is 3.85. The Bertz CT molecular complexity index is 381. The molecule has 0 amide bonds. The van der Waals surface area contributed by atoms with Crippen molar-refractivity contribution in [3.63, 3.8) is 0 Å². The molecule has 4 heteroatoms. The molecule has 1 aromatic rings. The van der Waals surface area contributed by atoms with Crippen LogP contribution < -0.4 is 15.2 Å². The normalized spacial score (nSPS) is 14.0. The van der Waals surface area contributed by atoms with Crippen molar-refractivity contribution in [2.75, 3.05) is 14.2 Å². The molecule has 3 N–H and O–H groups in total. The van der Waals surface area contributed by atoms with Gasteiger partial charge < -0.3 is 20.3 Å². The van der Waals surface area contributed by atoms with Gasteiger partial charge in [-0.3, -0.25) is 0 Å². The number of unbranched alkanes of at least 4 members (excludes halogenated alkanes) is 1. The Labute approximate surface area is 115 Å². The molecular formula is C15H25NO3. The maximum atomic E-state index is 10.2. The van der Waals surface area contributed by atoms with Crippen LogP contribution in [-0.4, -0.2) is 25.4 Å². The first-order valence-electron chi connectivity index (χ1n) is 6.71. The minimum Gasteiger partial charge on any atom is -0.496 e. The number of nitrogens with two attached hydrogens (primary N) is 1. The number of aryl methyl sites for hydroxylation is 1. The molecule has 0 saturated heterocycles. The molecule has 0 radical (unpaired) electrons. The lowest BCUT2D eigenvalue weighted by atomic mass is 9.95. The van der Waals surface area contributed by atoms with E-state index in [-0.39, 0.29) is 0 Å². The van der Waals surface area contributed by atoms with Gasteiger partial charge in [0, 0.05) is 0 Å². The van der Waals surface area contributed by atoms with Crippen molar-refractivity contribution in [3.05, 3.63) is 23.3 Å². The molecule has 108 valence electrons. The summed E-state index contributed by atoms with van der Waals surface area (Å²) in [7, 11) is 3.20.